The number of hydrogen-bond donors (Lipinski definition) is 1. The van der Waals surface area contributed by atoms with Crippen molar-refractivity contribution in [2.24, 2.45) is 5.41 Å². The summed E-state index contributed by atoms with van der Waals surface area (Å²) in [6.45, 7) is 4.75. The van der Waals surface area contributed by atoms with Crippen molar-refractivity contribution in [3.8, 4) is 0 Å². The first-order valence-electron chi connectivity index (χ1n) is 8.50. The molecule has 2 aromatic rings. The van der Waals surface area contributed by atoms with Crippen LogP contribution in [0.25, 0.3) is 10.9 Å². The number of aromatic nitrogens is 1. The van der Waals surface area contributed by atoms with Gasteiger partial charge in [0.2, 0.25) is 0 Å². The quantitative estimate of drug-likeness (QED) is 0.935. The molecule has 1 fully saturated rings. The van der Waals surface area contributed by atoms with Crippen molar-refractivity contribution in [1.82, 2.24) is 9.88 Å². The van der Waals surface area contributed by atoms with E-state index in [4.69, 9.17) is 4.98 Å². The Morgan fingerprint density at radius 2 is 2.12 bits per heavy atom. The molecule has 0 bridgehead atoms. The Hall–Kier alpha value is -1.72. The van der Waals surface area contributed by atoms with Gasteiger partial charge >= 0.3 is 0 Å². The first kappa shape index (κ1) is 17.1. The molecule has 1 N–H and O–H groups in total. The summed E-state index contributed by atoms with van der Waals surface area (Å²) in [7, 11) is 4.08. The number of aryl methyl sites for hydroxylation is 1. The molecule has 1 unspecified atom stereocenters. The van der Waals surface area contributed by atoms with Gasteiger partial charge in [-0.05, 0) is 57.6 Å². The van der Waals surface area contributed by atoms with Gasteiger partial charge in [-0.25, -0.2) is 9.37 Å². The van der Waals surface area contributed by atoms with Gasteiger partial charge in [-0.1, -0.05) is 0 Å². The number of halogens is 1. The monoisotopic (exact) mass is 331 g/mol. The smallest absolute Gasteiger partial charge is 0.129 e. The highest BCUT2D eigenvalue weighted by Gasteiger charge is 2.36. The molecule has 0 saturated carbocycles. The summed E-state index contributed by atoms with van der Waals surface area (Å²) in [6.07, 6.45) is 2.04. The van der Waals surface area contributed by atoms with E-state index in [2.05, 4.69) is 15.9 Å². The summed E-state index contributed by atoms with van der Waals surface area (Å²) in [4.78, 5) is 9.06. The minimum atomic E-state index is -0.262. The van der Waals surface area contributed by atoms with Crippen LogP contribution in [0.3, 0.4) is 0 Å². The molecular weight excluding hydrogens is 305 g/mol. The Morgan fingerprint density at radius 1 is 1.33 bits per heavy atom. The lowest BCUT2D eigenvalue weighted by Crippen LogP contribution is -2.50. The molecule has 24 heavy (non-hydrogen) atoms. The molecule has 1 saturated heterocycles. The summed E-state index contributed by atoms with van der Waals surface area (Å²) in [5, 5.41) is 11.0. The van der Waals surface area contributed by atoms with E-state index in [0.29, 0.717) is 5.52 Å². The second kappa shape index (κ2) is 6.65. The zero-order chi connectivity index (χ0) is 17.3. The van der Waals surface area contributed by atoms with Crippen LogP contribution in [0.1, 0.15) is 18.4 Å². The van der Waals surface area contributed by atoms with Gasteiger partial charge in [0, 0.05) is 36.5 Å². The average molecular weight is 331 g/mol. The lowest BCUT2D eigenvalue weighted by molar-refractivity contribution is 0.0760. The summed E-state index contributed by atoms with van der Waals surface area (Å²) >= 11 is 0. The van der Waals surface area contributed by atoms with E-state index in [1.54, 1.807) is 6.07 Å². The topological polar surface area (TPSA) is 39.6 Å². The Balaban J connectivity index is 1.94. The fraction of sp³-hybridized carbons (Fsp3) is 0.526. The Labute approximate surface area is 142 Å². The van der Waals surface area contributed by atoms with Crippen molar-refractivity contribution < 1.29 is 9.50 Å². The summed E-state index contributed by atoms with van der Waals surface area (Å²) < 4.78 is 13.6. The van der Waals surface area contributed by atoms with Crippen LogP contribution in [0.4, 0.5) is 10.2 Å². The predicted octanol–water partition coefficient (Wildman–Crippen LogP) is 2.82. The van der Waals surface area contributed by atoms with Gasteiger partial charge in [0.15, 0.2) is 0 Å². The molecule has 1 aliphatic heterocycles. The first-order valence-corrected chi connectivity index (χ1v) is 8.50. The number of aliphatic hydroxyl groups excluding tert-OH is 1. The highest BCUT2D eigenvalue weighted by atomic mass is 19.1. The summed E-state index contributed by atoms with van der Waals surface area (Å²) in [5.74, 6) is 0.615. The second-order valence-corrected chi connectivity index (χ2v) is 7.38. The van der Waals surface area contributed by atoms with Crippen LogP contribution in [0.15, 0.2) is 24.3 Å². The van der Waals surface area contributed by atoms with E-state index in [9.17, 15) is 9.50 Å². The molecule has 0 radical (unpaired) electrons. The molecule has 0 spiro atoms. The number of anilines is 1. The Bertz CT molecular complexity index is 734. The SMILES string of the molecule is Cc1cc(N2CCCC(CO)(CN(C)C)C2)nc2cc(F)ccc12. The third-order valence-corrected chi connectivity index (χ3v) is 4.94. The van der Waals surface area contributed by atoms with E-state index in [-0.39, 0.29) is 17.8 Å². The Morgan fingerprint density at radius 3 is 2.83 bits per heavy atom. The second-order valence-electron chi connectivity index (χ2n) is 7.38. The molecule has 3 rings (SSSR count). The number of fused-ring (bicyclic) bond motifs is 1. The normalized spacial score (nSPS) is 21.7. The molecule has 4 nitrogen and oxygen atoms in total. The average Bonchev–Trinajstić information content (AvgIpc) is 2.54. The van der Waals surface area contributed by atoms with Gasteiger partial charge in [0.25, 0.3) is 0 Å². The molecular formula is C19H26FN3O. The van der Waals surface area contributed by atoms with Crippen LogP contribution in [0.5, 0.6) is 0 Å². The molecule has 1 aliphatic rings. The third kappa shape index (κ3) is 3.37. The molecule has 1 aromatic heterocycles. The number of pyridine rings is 1. The van der Waals surface area contributed by atoms with E-state index in [1.807, 2.05) is 21.0 Å². The molecule has 0 amide bonds. The number of piperidine rings is 1. The third-order valence-electron chi connectivity index (χ3n) is 4.94. The maximum atomic E-state index is 13.6. The van der Waals surface area contributed by atoms with Crippen LogP contribution < -0.4 is 4.90 Å². The van der Waals surface area contributed by atoms with Crippen LogP contribution >= 0.6 is 0 Å². The van der Waals surface area contributed by atoms with E-state index >= 15 is 0 Å². The standard InChI is InChI=1S/C19H26FN3O/c1-14-9-18(21-17-10-15(20)5-6-16(14)17)23-8-4-7-19(12-23,13-24)11-22(2)3/h5-6,9-10,24H,4,7-8,11-13H2,1-3H3. The minimum absolute atomic E-state index is 0.131. The minimum Gasteiger partial charge on any atom is -0.396 e. The van der Waals surface area contributed by atoms with Crippen molar-refractivity contribution in [1.29, 1.82) is 0 Å². The van der Waals surface area contributed by atoms with Crippen molar-refractivity contribution in [2.75, 3.05) is 45.2 Å². The molecule has 2 heterocycles. The molecule has 1 aromatic carbocycles. The Kier molecular flexibility index (Phi) is 4.74. The van der Waals surface area contributed by atoms with Crippen molar-refractivity contribution in [2.45, 2.75) is 19.8 Å². The van der Waals surface area contributed by atoms with Crippen LogP contribution in [-0.4, -0.2) is 55.3 Å². The zero-order valence-corrected chi connectivity index (χ0v) is 14.7. The maximum absolute atomic E-state index is 13.6. The van der Waals surface area contributed by atoms with Gasteiger partial charge in [-0.15, -0.1) is 0 Å². The van der Waals surface area contributed by atoms with E-state index in [0.717, 1.165) is 49.2 Å². The lowest BCUT2D eigenvalue weighted by atomic mass is 9.80. The van der Waals surface area contributed by atoms with Crippen molar-refractivity contribution >= 4 is 16.7 Å². The number of benzene rings is 1. The van der Waals surface area contributed by atoms with E-state index in [1.165, 1.54) is 12.1 Å². The van der Waals surface area contributed by atoms with E-state index < -0.39 is 0 Å². The number of rotatable bonds is 4. The first-order chi connectivity index (χ1) is 11.4. The number of hydrogen-bond acceptors (Lipinski definition) is 4. The summed E-state index contributed by atoms with van der Waals surface area (Å²) in [5.41, 5.74) is 1.66. The highest BCUT2D eigenvalue weighted by Crippen LogP contribution is 2.33. The molecule has 0 aliphatic carbocycles. The summed E-state index contributed by atoms with van der Waals surface area (Å²) in [6, 6.07) is 6.83. The largest absolute Gasteiger partial charge is 0.396 e. The van der Waals surface area contributed by atoms with Crippen LogP contribution in [0.2, 0.25) is 0 Å². The predicted molar refractivity (Wildman–Crippen MR) is 96.0 cm³/mol. The van der Waals surface area contributed by atoms with Crippen LogP contribution in [-0.2, 0) is 0 Å². The van der Waals surface area contributed by atoms with Gasteiger partial charge < -0.3 is 14.9 Å². The van der Waals surface area contributed by atoms with Gasteiger partial charge in [-0.2, -0.15) is 0 Å². The fourth-order valence-corrected chi connectivity index (χ4v) is 3.90. The molecule has 130 valence electrons. The highest BCUT2D eigenvalue weighted by molar-refractivity contribution is 5.84. The molecule has 5 heteroatoms. The number of aliphatic hydroxyl groups is 1. The van der Waals surface area contributed by atoms with Crippen molar-refractivity contribution in [3.63, 3.8) is 0 Å². The van der Waals surface area contributed by atoms with Gasteiger partial charge in [-0.3, -0.25) is 0 Å². The molecule has 1 atom stereocenters. The zero-order valence-electron chi connectivity index (χ0n) is 14.7. The van der Waals surface area contributed by atoms with Crippen molar-refractivity contribution in [3.05, 3.63) is 35.6 Å². The van der Waals surface area contributed by atoms with Gasteiger partial charge in [0.05, 0.1) is 12.1 Å². The lowest BCUT2D eigenvalue weighted by Gasteiger charge is -2.43. The number of nitrogens with zero attached hydrogens (tertiary/aromatic N) is 3. The van der Waals surface area contributed by atoms with Gasteiger partial charge in [0.1, 0.15) is 11.6 Å². The maximum Gasteiger partial charge on any atom is 0.129 e. The fourth-order valence-electron chi connectivity index (χ4n) is 3.90. The van der Waals surface area contributed by atoms with Crippen LogP contribution in [0, 0.1) is 18.2 Å².